The number of rotatable bonds is 26. The Bertz CT molecular complexity index is 6940. The normalized spacial score (nSPS) is 25.5. The van der Waals surface area contributed by atoms with Gasteiger partial charge in [-0.1, -0.05) is 191 Å². The van der Waals surface area contributed by atoms with Crippen molar-refractivity contribution in [1.29, 1.82) is 0 Å². The molecule has 0 bridgehead atoms. The molecule has 5 fully saturated rings. The minimum atomic E-state index is -5.68. The SMILES string of the molecule is COc1ccc(C(Cl)(c2ccccc2)c2ccccc2)cc1.COc1ccc(C(OC[C@H]2OC3C(Oc4nc(=O)ccn43)[C@H]2O)(c2ccccc2)c2ccccc2)cc1.O=c1ccn([C@@H]2C[C@H](CO)C(O)[C@@H]2I)c(=O)[nH]1.O=c1ccn([C@@H]2O[C@H](CO)C(O)[C@@H]2[Se]c2ccccc2)c(=O)[nH]1.O=c1ccn([C@@H]2O[C@H](COP(=O)(O)OP(=O)(O)OP(=O)(O)O)C(O)[C@@H]2I)c(=O)[nH]1.O=c1ccn2c(n1)OC1C2O[C@H](CO)[C@@H]1O. The first-order valence-corrected chi connectivity index (χ1v) is 53.0. The molecule has 0 spiro atoms. The third-order valence-corrected chi connectivity index (χ3v) is 33.8. The summed E-state index contributed by atoms with van der Waals surface area (Å²) in [6.07, 6.45) is -4.99. The van der Waals surface area contributed by atoms with Crippen LogP contribution in [0.2, 0.25) is 4.82 Å². The van der Waals surface area contributed by atoms with E-state index in [1.165, 1.54) is 56.6 Å². The second-order valence-electron chi connectivity index (χ2n) is 32.7. The van der Waals surface area contributed by atoms with Crippen LogP contribution < -0.4 is 68.3 Å². The molecule has 7 aromatic carbocycles. The molecule has 766 valence electrons. The standard InChI is InChI=1S/C29H26N2O6.C20H17ClO.C15H16N2O5Se.C10H13IN2O4.C9H14IN2O14P3.C9H10N2O5/c1-34-22-14-12-21(13-15-22)29(19-8-4-2-5-9-19,20-10-6-3-7-11-20)35-18-23-25(33)26-27(36-23)31-17-16-24(32)30-28(31)37-26;1-22-19-14-12-18(13-15-19)20(21,16-8-4-2-5-9-16)17-10-6-3-7-11-17;18-8-10-12(20)13(23-9-4-2-1-3-5-9)14(22-10)17-7-6-11(19)16-15(17)21;11-8-6(3-5(4-14)9(8)16)13-2-1-7(15)12-10(13)17;10-6-7(14)4(24-8(6)12-2-1-5(13)11-9(12)15)3-23-28(19,20)26-29(21,22)25-27(16,17)18;12-3-4-6(14)7-8(15-4)11-2-1-5(13)10-9(11)16-7/h2-17,23,25-27,33H,18H2,1H3;2-15H,1H3;1-7,10,12-14,18,20H,8H2,(H,16,19,21);1-2,5-6,8-9,14,16H,3-4H2,(H,12,15,17);1-2,4,6-8,14H,3H2,(H,19,20)(H,21,22)(H,11,13,15)(H2,16,17,18);1-2,4,6-8,12,14H,3H2/t23-,25+,26?,27?;;10-,12?,13+,14-;5-,6-,8-,9?;4-,6+,7?,8-;4-,6+,7?,8?/m1.1111/s1. The Kier molecular flexibility index (Phi) is 36.6. The van der Waals surface area contributed by atoms with Crippen molar-refractivity contribution in [2.75, 3.05) is 47.3 Å². The van der Waals surface area contributed by atoms with Crippen molar-refractivity contribution in [1.82, 2.24) is 47.8 Å². The van der Waals surface area contributed by atoms with Gasteiger partial charge in [0.25, 0.3) is 22.2 Å². The number of ether oxygens (including phenoxy) is 9. The minimum absolute atomic E-state index is 0.0797. The van der Waals surface area contributed by atoms with Crippen molar-refractivity contribution in [3.8, 4) is 23.5 Å². The van der Waals surface area contributed by atoms with E-state index in [1.54, 1.807) is 47.6 Å². The van der Waals surface area contributed by atoms with Crippen LogP contribution in [0.15, 0.2) is 300 Å². The number of H-pyrrole nitrogens is 3. The molecule has 1 aliphatic carbocycles. The van der Waals surface area contributed by atoms with Crippen LogP contribution in [0.1, 0.15) is 70.8 Å². The Balaban J connectivity index is 0.000000140. The van der Waals surface area contributed by atoms with E-state index < -0.39 is 181 Å². The molecule has 4 saturated heterocycles. The molecule has 6 aliphatic heterocycles. The molecule has 52 heteroatoms. The number of phosphoric ester groups is 1. The largest absolute Gasteiger partial charge is 0.490 e. The van der Waals surface area contributed by atoms with Gasteiger partial charge in [0, 0.05) is 61.6 Å². The Hall–Kier alpha value is -10.3. The molecule has 15 N–H and O–H groups in total. The molecular weight excluding hydrogens is 2270 g/mol. The summed E-state index contributed by atoms with van der Waals surface area (Å²) < 4.78 is 103. The molecule has 19 rings (SSSR count). The number of halogens is 3. The van der Waals surface area contributed by atoms with E-state index >= 15 is 0 Å². The Morgan fingerprint density at radius 3 is 1.24 bits per heavy atom. The fraction of sp³-hybridized carbons (Fsp3) is 0.326. The summed E-state index contributed by atoms with van der Waals surface area (Å²) in [6, 6.07) is 71.8. The Labute approximate surface area is 853 Å². The first-order valence-electron chi connectivity index (χ1n) is 43.7. The van der Waals surface area contributed by atoms with Crippen molar-refractivity contribution < 1.29 is 130 Å². The smallest absolute Gasteiger partial charge is 0.453 e. The van der Waals surface area contributed by atoms with E-state index in [0.717, 1.165) is 66.2 Å². The second-order valence-corrected chi connectivity index (χ2v) is 43.2. The topological polar surface area (TPSA) is 639 Å². The van der Waals surface area contributed by atoms with E-state index in [2.05, 4.69) is 79.9 Å². The summed E-state index contributed by atoms with van der Waals surface area (Å²) >= 11 is 10.8. The zero-order chi connectivity index (χ0) is 103. The number of hydrogen-bond donors (Lipinski definition) is 15. The fourth-order valence-electron chi connectivity index (χ4n) is 16.7. The van der Waals surface area contributed by atoms with Crippen LogP contribution in [-0.2, 0) is 61.0 Å². The second kappa shape index (κ2) is 48.1. The van der Waals surface area contributed by atoms with Gasteiger partial charge in [0.2, 0.25) is 0 Å². The minimum Gasteiger partial charge on any atom is -0.453 e. The molecule has 7 aliphatic rings. The number of aliphatic hydroxyl groups is 8. The number of phosphoric acid groups is 3. The predicted octanol–water partition coefficient (Wildman–Crippen LogP) is 3.56. The summed E-state index contributed by atoms with van der Waals surface area (Å²) in [6.45, 7) is -1.53. The van der Waals surface area contributed by atoms with Gasteiger partial charge >= 0.3 is 184 Å². The predicted molar refractivity (Wildman–Crippen MR) is 528 cm³/mol. The van der Waals surface area contributed by atoms with Gasteiger partial charge in [-0.3, -0.25) is 51.9 Å². The maximum Gasteiger partial charge on any atom is 0.490 e. The molecule has 12 aromatic rings. The van der Waals surface area contributed by atoms with Crippen molar-refractivity contribution in [3.63, 3.8) is 0 Å². The van der Waals surface area contributed by atoms with E-state index in [-0.39, 0.29) is 74.1 Å². The van der Waals surface area contributed by atoms with Crippen LogP contribution in [0.4, 0.5) is 0 Å². The van der Waals surface area contributed by atoms with Crippen LogP contribution in [0, 0.1) is 5.92 Å². The number of aromatic amines is 3. The average molecular weight is 2360 g/mol. The molecule has 0 amide bonds. The monoisotopic (exact) mass is 2360 g/mol. The van der Waals surface area contributed by atoms with Crippen LogP contribution in [-0.4, -0.2) is 245 Å². The zero-order valence-corrected chi connectivity index (χ0v) is 84.9. The van der Waals surface area contributed by atoms with Gasteiger partial charge in [0.05, 0.1) is 60.1 Å². The summed E-state index contributed by atoms with van der Waals surface area (Å²) in [4.78, 5) is 140. The van der Waals surface area contributed by atoms with E-state index in [0.29, 0.717) is 6.42 Å². The van der Waals surface area contributed by atoms with E-state index in [9.17, 15) is 87.6 Å². The number of hydrogen-bond acceptors (Lipinski definition) is 33. The van der Waals surface area contributed by atoms with Crippen LogP contribution in [0.3, 0.4) is 0 Å². The van der Waals surface area contributed by atoms with Gasteiger partial charge < -0.3 is 88.1 Å². The maximum absolute atomic E-state index is 12.0. The molecule has 9 unspecified atom stereocenters. The zero-order valence-electron chi connectivity index (χ0n) is 75.4. The third kappa shape index (κ3) is 25.6. The van der Waals surface area contributed by atoms with Gasteiger partial charge in [-0.25, -0.2) is 23.3 Å². The summed E-state index contributed by atoms with van der Waals surface area (Å²) in [5.41, 5.74) is 0.582. The fourth-order valence-corrected chi connectivity index (χ4v) is 24.9. The Morgan fingerprint density at radius 1 is 0.424 bits per heavy atom. The van der Waals surface area contributed by atoms with Crippen LogP contribution in [0.25, 0.3) is 0 Å². The number of methoxy groups -OCH3 is 2. The molecule has 45 nitrogen and oxygen atoms in total. The van der Waals surface area contributed by atoms with Crippen molar-refractivity contribution in [2.24, 2.45) is 5.92 Å². The van der Waals surface area contributed by atoms with Gasteiger partial charge in [-0.15, -0.1) is 11.6 Å². The molecule has 11 heterocycles. The van der Waals surface area contributed by atoms with Gasteiger partial charge in [-0.2, -0.15) is 18.6 Å². The average Bonchev–Trinajstić information content (AvgIpc) is 1.62. The number of aliphatic hydroxyl groups excluding tert-OH is 8. The van der Waals surface area contributed by atoms with E-state index in [1.807, 2.05) is 181 Å². The van der Waals surface area contributed by atoms with Crippen LogP contribution in [0.5, 0.6) is 23.5 Å². The maximum atomic E-state index is 12.0. The molecule has 1 saturated carbocycles. The summed E-state index contributed by atoms with van der Waals surface area (Å²) in [5.74, 6) is 1.34. The molecule has 144 heavy (non-hydrogen) atoms. The number of alkyl halides is 3. The summed E-state index contributed by atoms with van der Waals surface area (Å²) in [7, 11) is -13.3. The molecule has 0 radical (unpaired) electrons. The van der Waals surface area contributed by atoms with Gasteiger partial charge in [-0.05, 0) is 64.1 Å². The first-order chi connectivity index (χ1) is 68.8. The molecular formula is C92H96ClI2N10O35P3Se. The number of fused-ring (bicyclic) bond motifs is 6. The van der Waals surface area contributed by atoms with E-state index in [4.69, 9.17) is 79.1 Å². The number of benzene rings is 7. The van der Waals surface area contributed by atoms with Crippen molar-refractivity contribution in [2.45, 2.75) is 128 Å². The Morgan fingerprint density at radius 2 is 0.806 bits per heavy atom. The quantitative estimate of drug-likeness (QED) is 0.0121. The van der Waals surface area contributed by atoms with Crippen LogP contribution >= 0.6 is 80.3 Å². The van der Waals surface area contributed by atoms with Gasteiger partial charge in [0.1, 0.15) is 52.5 Å². The van der Waals surface area contributed by atoms with Crippen molar-refractivity contribution >= 4 is 99.7 Å². The number of nitrogens with zero attached hydrogens (tertiary/aromatic N) is 7. The van der Waals surface area contributed by atoms with Crippen molar-refractivity contribution in [3.05, 3.63) is 378 Å². The molecule has 5 aromatic heterocycles. The summed E-state index contributed by atoms with van der Waals surface area (Å²) in [5, 5.41) is 78.8. The number of nitrogens with one attached hydrogen (secondary N) is 3. The third-order valence-electron chi connectivity index (χ3n) is 23.6. The van der Waals surface area contributed by atoms with Gasteiger partial charge in [0.15, 0.2) is 30.9 Å². The number of aromatic nitrogens is 10. The first kappa shape index (κ1) is 109. The molecule has 22 atom stereocenters.